The van der Waals surface area contributed by atoms with Crippen molar-refractivity contribution in [2.45, 2.75) is 103 Å². The van der Waals surface area contributed by atoms with Crippen molar-refractivity contribution >= 4 is 12.2 Å². The monoisotopic (exact) mass is 356 g/mol. The number of hydrogen-bond acceptors (Lipinski definition) is 0. The summed E-state index contributed by atoms with van der Waals surface area (Å²) in [6, 6.07) is 0. The van der Waals surface area contributed by atoms with Crippen molar-refractivity contribution < 1.29 is 0 Å². The number of H-pyrrole nitrogens is 1. The van der Waals surface area contributed by atoms with Gasteiger partial charge in [-0.25, -0.2) is 0 Å². The van der Waals surface area contributed by atoms with Gasteiger partial charge in [-0.15, -0.1) is 0 Å². The summed E-state index contributed by atoms with van der Waals surface area (Å²) in [5, 5.41) is 3.22. The number of aromatic nitrogens is 2. The maximum atomic E-state index is 3.22. The SMILES string of the molecule is C/C=C/c1[nH]n(C)c1/C=C\C(C)(C)CC.CC.CC.CC.CC.CC. The third-order valence-corrected chi connectivity index (χ3v) is 2.86. The van der Waals surface area contributed by atoms with Gasteiger partial charge < -0.3 is 0 Å². The Morgan fingerprint density at radius 3 is 1.52 bits per heavy atom. The predicted molar refractivity (Wildman–Crippen MR) is 124 cm³/mol. The molecule has 0 amide bonds. The molecule has 0 aliphatic heterocycles. The Balaban J connectivity index is -0.000000114. The smallest absolute Gasteiger partial charge is 0.0814 e. The molecule has 2 heteroatoms. The lowest BCUT2D eigenvalue weighted by Crippen LogP contribution is -2.13. The summed E-state index contributed by atoms with van der Waals surface area (Å²) in [6.07, 6.45) is 9.79. The van der Waals surface area contributed by atoms with Crippen LogP contribution in [0.2, 0.25) is 0 Å². The van der Waals surface area contributed by atoms with E-state index in [2.05, 4.69) is 44.1 Å². The largest absolute Gasteiger partial charge is 0.296 e. The highest BCUT2D eigenvalue weighted by atomic mass is 15.3. The number of nitrogens with zero attached hydrogens (tertiary/aromatic N) is 1. The fraction of sp³-hybridized carbons (Fsp3) is 0.739. The number of hydrogen-bond donors (Lipinski definition) is 1. The van der Waals surface area contributed by atoms with E-state index >= 15 is 0 Å². The van der Waals surface area contributed by atoms with Gasteiger partial charge in [-0.3, -0.25) is 9.78 Å². The molecule has 1 heterocycles. The molecule has 0 aromatic carbocycles. The zero-order valence-corrected chi connectivity index (χ0v) is 20.5. The van der Waals surface area contributed by atoms with Crippen LogP contribution < -0.4 is 0 Å². The fourth-order valence-corrected chi connectivity index (χ4v) is 1.34. The van der Waals surface area contributed by atoms with Gasteiger partial charge >= 0.3 is 0 Å². The normalized spacial score (nSPS) is 9.24. The molecule has 2 nitrogen and oxygen atoms in total. The quantitative estimate of drug-likeness (QED) is 0.555. The summed E-state index contributed by atoms with van der Waals surface area (Å²) >= 11 is 0. The molecule has 0 radical (unpaired) electrons. The molecule has 0 unspecified atom stereocenters. The molecule has 0 aliphatic rings. The van der Waals surface area contributed by atoms with E-state index in [1.54, 1.807) is 0 Å². The second-order valence-corrected chi connectivity index (χ2v) is 4.65. The molecular weight excluding hydrogens is 304 g/mol. The maximum Gasteiger partial charge on any atom is 0.0814 e. The van der Waals surface area contributed by atoms with Gasteiger partial charge in [-0.2, -0.15) is 0 Å². The van der Waals surface area contributed by atoms with Gasteiger partial charge in [0.2, 0.25) is 0 Å². The highest BCUT2D eigenvalue weighted by Crippen LogP contribution is 2.23. The Labute approximate surface area is 161 Å². The molecule has 0 saturated heterocycles. The second-order valence-electron chi connectivity index (χ2n) is 4.65. The highest BCUT2D eigenvalue weighted by Gasteiger charge is 2.11. The van der Waals surface area contributed by atoms with Crippen molar-refractivity contribution in [1.82, 2.24) is 9.78 Å². The Morgan fingerprint density at radius 1 is 0.840 bits per heavy atom. The summed E-state index contributed by atoms with van der Waals surface area (Å²) in [5.74, 6) is 0. The third kappa shape index (κ3) is 19.0. The van der Waals surface area contributed by atoms with Crippen LogP contribution in [0.4, 0.5) is 0 Å². The van der Waals surface area contributed by atoms with Gasteiger partial charge in [-0.1, -0.05) is 102 Å². The van der Waals surface area contributed by atoms with Crippen LogP contribution in [0.15, 0.2) is 12.2 Å². The lowest BCUT2D eigenvalue weighted by molar-refractivity contribution is 0.464. The van der Waals surface area contributed by atoms with Crippen molar-refractivity contribution in [1.29, 1.82) is 0 Å². The van der Waals surface area contributed by atoms with Crippen LogP contribution in [0.25, 0.3) is 12.2 Å². The zero-order chi connectivity index (χ0) is 21.5. The topological polar surface area (TPSA) is 20.7 Å². The minimum Gasteiger partial charge on any atom is -0.296 e. The van der Waals surface area contributed by atoms with Gasteiger partial charge in [-0.05, 0) is 30.9 Å². The second kappa shape index (κ2) is 27.7. The molecule has 1 aromatic heterocycles. The lowest BCUT2D eigenvalue weighted by Gasteiger charge is -2.20. The molecule has 0 aliphatic carbocycles. The number of rotatable bonds is 4. The molecule has 0 spiro atoms. The minimum absolute atomic E-state index is 0.282. The zero-order valence-electron chi connectivity index (χ0n) is 20.5. The van der Waals surface area contributed by atoms with Gasteiger partial charge in [0.1, 0.15) is 0 Å². The number of aryl methyl sites for hydroxylation is 1. The van der Waals surface area contributed by atoms with Crippen LogP contribution >= 0.6 is 0 Å². The summed E-state index contributed by atoms with van der Waals surface area (Å²) in [6.45, 7) is 28.8. The van der Waals surface area contributed by atoms with Crippen LogP contribution in [0.1, 0.15) is 115 Å². The van der Waals surface area contributed by atoms with E-state index < -0.39 is 0 Å². The van der Waals surface area contributed by atoms with Crippen LogP contribution in [0, 0.1) is 5.41 Å². The number of aromatic amines is 1. The Bertz CT molecular complexity index is 363. The van der Waals surface area contributed by atoms with Crippen LogP contribution in [0.5, 0.6) is 0 Å². The molecular formula is C23H52N2. The van der Waals surface area contributed by atoms with Crippen molar-refractivity contribution in [3.63, 3.8) is 0 Å². The van der Waals surface area contributed by atoms with E-state index in [-0.39, 0.29) is 5.41 Å². The van der Waals surface area contributed by atoms with E-state index in [9.17, 15) is 0 Å². The van der Waals surface area contributed by atoms with Crippen LogP contribution in [-0.2, 0) is 7.05 Å². The first-order valence-corrected chi connectivity index (χ1v) is 10.6. The first-order valence-electron chi connectivity index (χ1n) is 10.6. The Hall–Kier alpha value is -1.18. The van der Waals surface area contributed by atoms with Gasteiger partial charge in [0.15, 0.2) is 0 Å². The first kappa shape index (κ1) is 35.0. The van der Waals surface area contributed by atoms with Crippen molar-refractivity contribution in [3.05, 3.63) is 23.5 Å². The molecule has 0 bridgehead atoms. The molecule has 1 aromatic rings. The Kier molecular flexibility index (Phi) is 38.7. The van der Waals surface area contributed by atoms with E-state index in [0.717, 1.165) is 6.42 Å². The fourth-order valence-electron chi connectivity index (χ4n) is 1.34. The van der Waals surface area contributed by atoms with Gasteiger partial charge in [0.05, 0.1) is 11.4 Å². The molecule has 1 N–H and O–H groups in total. The first-order chi connectivity index (χ1) is 12.0. The summed E-state index contributed by atoms with van der Waals surface area (Å²) in [4.78, 5) is 0. The Morgan fingerprint density at radius 2 is 1.24 bits per heavy atom. The lowest BCUT2D eigenvalue weighted by atomic mass is 9.89. The van der Waals surface area contributed by atoms with Crippen molar-refractivity contribution in [3.8, 4) is 0 Å². The molecule has 154 valence electrons. The van der Waals surface area contributed by atoms with Crippen molar-refractivity contribution in [2.75, 3.05) is 0 Å². The molecule has 0 fully saturated rings. The van der Waals surface area contributed by atoms with E-state index in [0.29, 0.717) is 0 Å². The van der Waals surface area contributed by atoms with Gasteiger partial charge in [0.25, 0.3) is 0 Å². The molecule has 1 rings (SSSR count). The molecule has 25 heavy (non-hydrogen) atoms. The highest BCUT2D eigenvalue weighted by molar-refractivity contribution is 5.61. The van der Waals surface area contributed by atoms with E-state index in [4.69, 9.17) is 0 Å². The minimum atomic E-state index is 0.282. The average Bonchev–Trinajstić information content (AvgIpc) is 2.69. The number of nitrogens with one attached hydrogen (secondary N) is 1. The standard InChI is InChI=1S/C13H22N2.5C2H6/c1-6-8-11-12(15(5)14-11)9-10-13(3,4)7-2;5*1-2/h6,8-10,14H,7H2,1-5H3;5*1-2H3/b8-6+,10-9-;;;;;. The third-order valence-electron chi connectivity index (χ3n) is 2.86. The average molecular weight is 357 g/mol. The van der Waals surface area contributed by atoms with E-state index in [1.165, 1.54) is 11.4 Å². The summed E-state index contributed by atoms with van der Waals surface area (Å²) < 4.78 is 2.04. The summed E-state index contributed by atoms with van der Waals surface area (Å²) in [5.41, 5.74) is 2.74. The van der Waals surface area contributed by atoms with Crippen LogP contribution in [-0.4, -0.2) is 9.78 Å². The van der Waals surface area contributed by atoms with E-state index in [1.807, 2.05) is 94.0 Å². The molecule has 0 saturated carbocycles. The van der Waals surface area contributed by atoms with Gasteiger partial charge in [0, 0.05) is 7.05 Å². The predicted octanol–water partition coefficient (Wildman–Crippen LogP) is 8.97. The van der Waals surface area contributed by atoms with Crippen LogP contribution in [0.3, 0.4) is 0 Å². The number of allylic oxidation sites excluding steroid dienone is 2. The maximum absolute atomic E-state index is 3.22. The summed E-state index contributed by atoms with van der Waals surface area (Å²) in [7, 11) is 2.03. The van der Waals surface area contributed by atoms with Crippen molar-refractivity contribution in [2.24, 2.45) is 12.5 Å². The molecule has 0 atom stereocenters.